The van der Waals surface area contributed by atoms with Crippen molar-refractivity contribution in [3.8, 4) is 22.5 Å². The Kier molecular flexibility index (Phi) is 5.40. The average molecular weight is 395 g/mol. The molecule has 0 saturated carbocycles. The second kappa shape index (κ2) is 8.64. The summed E-state index contributed by atoms with van der Waals surface area (Å²) in [6.07, 6.45) is 2.22. The fraction of sp³-hybridized carbons (Fsp3) is 0.231. The molecule has 150 valence electrons. The zero-order valence-electron chi connectivity index (χ0n) is 17.0. The molecule has 0 atom stereocenters. The van der Waals surface area contributed by atoms with Crippen LogP contribution in [0, 0.1) is 0 Å². The molecule has 2 heterocycles. The maximum Gasteiger partial charge on any atom is 0.181 e. The third-order valence-electron chi connectivity index (χ3n) is 6.01. The van der Waals surface area contributed by atoms with E-state index in [2.05, 4.69) is 81.8 Å². The molecule has 0 unspecified atom stereocenters. The van der Waals surface area contributed by atoms with E-state index in [1.807, 2.05) is 18.2 Å². The molecule has 5 rings (SSSR count). The third kappa shape index (κ3) is 4.05. The van der Waals surface area contributed by atoms with Crippen molar-refractivity contribution < 1.29 is 0 Å². The monoisotopic (exact) mass is 394 g/mol. The molecule has 1 aromatic heterocycles. The van der Waals surface area contributed by atoms with Crippen LogP contribution in [0.25, 0.3) is 22.5 Å². The van der Waals surface area contributed by atoms with Crippen molar-refractivity contribution in [1.29, 1.82) is 0 Å². The van der Waals surface area contributed by atoms with E-state index in [0.29, 0.717) is 5.92 Å². The molecule has 1 N–H and O–H groups in total. The predicted octanol–water partition coefficient (Wildman–Crippen LogP) is 5.52. The first-order valence-corrected chi connectivity index (χ1v) is 10.7. The molecule has 4 nitrogen and oxygen atoms in total. The van der Waals surface area contributed by atoms with Gasteiger partial charge in [-0.3, -0.25) is 10.00 Å². The van der Waals surface area contributed by atoms with Crippen LogP contribution in [-0.4, -0.2) is 33.2 Å². The molecule has 4 aromatic rings. The number of piperidine rings is 1. The number of likely N-dealkylation sites (tertiary alicyclic amines) is 1. The molecule has 1 aliphatic rings. The largest absolute Gasteiger partial charge is 0.299 e. The Morgan fingerprint density at radius 3 is 2.13 bits per heavy atom. The maximum absolute atomic E-state index is 4.78. The molecular weight excluding hydrogens is 368 g/mol. The van der Waals surface area contributed by atoms with E-state index in [4.69, 9.17) is 4.98 Å². The average Bonchev–Trinajstić information content (AvgIpc) is 3.32. The Balaban J connectivity index is 1.24. The molecule has 1 saturated heterocycles. The van der Waals surface area contributed by atoms with E-state index >= 15 is 0 Å². The first-order chi connectivity index (χ1) is 14.9. The standard InChI is InChI=1S/C26H26N4/c1-3-9-20(10-4-1)24-14-8-7-13-23(24)19-30-17-15-22(16-18-30)26-27-25(28-29-26)21-11-5-2-6-12-21/h1-14,22H,15-19H2,(H,27,28,29). The molecule has 30 heavy (non-hydrogen) atoms. The summed E-state index contributed by atoms with van der Waals surface area (Å²) >= 11 is 0. The highest BCUT2D eigenvalue weighted by molar-refractivity contribution is 5.67. The predicted molar refractivity (Wildman–Crippen MR) is 121 cm³/mol. The molecule has 1 fully saturated rings. The van der Waals surface area contributed by atoms with Crippen molar-refractivity contribution in [3.63, 3.8) is 0 Å². The number of aromatic amines is 1. The molecule has 1 aliphatic heterocycles. The highest BCUT2D eigenvalue weighted by Gasteiger charge is 2.24. The van der Waals surface area contributed by atoms with Gasteiger partial charge in [0.25, 0.3) is 0 Å². The Hall–Kier alpha value is -3.24. The summed E-state index contributed by atoms with van der Waals surface area (Å²) in [4.78, 5) is 7.34. The Morgan fingerprint density at radius 1 is 0.767 bits per heavy atom. The molecular formula is C26H26N4. The van der Waals surface area contributed by atoms with E-state index in [9.17, 15) is 0 Å². The van der Waals surface area contributed by atoms with E-state index in [1.165, 1.54) is 16.7 Å². The van der Waals surface area contributed by atoms with Gasteiger partial charge in [0.05, 0.1) is 0 Å². The van der Waals surface area contributed by atoms with Gasteiger partial charge in [0, 0.05) is 18.0 Å². The normalized spacial score (nSPS) is 15.3. The van der Waals surface area contributed by atoms with Crippen molar-refractivity contribution in [3.05, 3.63) is 96.3 Å². The first-order valence-electron chi connectivity index (χ1n) is 10.7. The lowest BCUT2D eigenvalue weighted by molar-refractivity contribution is 0.202. The fourth-order valence-electron chi connectivity index (χ4n) is 4.34. The highest BCUT2D eigenvalue weighted by atomic mass is 15.2. The lowest BCUT2D eigenvalue weighted by Crippen LogP contribution is -2.32. The van der Waals surface area contributed by atoms with Gasteiger partial charge in [-0.05, 0) is 42.6 Å². The molecule has 0 radical (unpaired) electrons. The van der Waals surface area contributed by atoms with Crippen LogP contribution in [0.4, 0.5) is 0 Å². The Bertz CT molecular complexity index is 1080. The lowest BCUT2D eigenvalue weighted by atomic mass is 9.94. The summed E-state index contributed by atoms with van der Waals surface area (Å²) in [5.41, 5.74) is 5.09. The van der Waals surface area contributed by atoms with E-state index in [1.54, 1.807) is 0 Å². The SMILES string of the molecule is c1ccc(-c2n[nH]c(C3CCN(Cc4ccccc4-c4ccccc4)CC3)n2)cc1. The second-order valence-corrected chi connectivity index (χ2v) is 7.98. The summed E-state index contributed by atoms with van der Waals surface area (Å²) in [6.45, 7) is 3.15. The number of nitrogens with one attached hydrogen (secondary N) is 1. The quantitative estimate of drug-likeness (QED) is 0.485. The van der Waals surface area contributed by atoms with Crippen LogP contribution in [0.5, 0.6) is 0 Å². The van der Waals surface area contributed by atoms with Gasteiger partial charge in [-0.1, -0.05) is 84.9 Å². The maximum atomic E-state index is 4.78. The van der Waals surface area contributed by atoms with Crippen LogP contribution in [-0.2, 0) is 6.54 Å². The summed E-state index contributed by atoms with van der Waals surface area (Å²) in [5, 5.41) is 7.63. The lowest BCUT2D eigenvalue weighted by Gasteiger charge is -2.31. The van der Waals surface area contributed by atoms with Crippen LogP contribution in [0.2, 0.25) is 0 Å². The minimum Gasteiger partial charge on any atom is -0.299 e. The molecule has 3 aromatic carbocycles. The van der Waals surface area contributed by atoms with E-state index in [-0.39, 0.29) is 0 Å². The van der Waals surface area contributed by atoms with E-state index < -0.39 is 0 Å². The first kappa shape index (κ1) is 18.8. The fourth-order valence-corrected chi connectivity index (χ4v) is 4.34. The molecule has 0 aliphatic carbocycles. The number of nitrogens with zero attached hydrogens (tertiary/aromatic N) is 3. The van der Waals surface area contributed by atoms with Crippen LogP contribution in [0.3, 0.4) is 0 Å². The molecule has 0 amide bonds. The number of rotatable bonds is 5. The van der Waals surface area contributed by atoms with E-state index in [0.717, 1.165) is 49.7 Å². The van der Waals surface area contributed by atoms with Crippen LogP contribution < -0.4 is 0 Å². The minimum atomic E-state index is 0.454. The molecule has 0 bridgehead atoms. The van der Waals surface area contributed by atoms with Crippen LogP contribution in [0.1, 0.15) is 30.1 Å². The van der Waals surface area contributed by atoms with Gasteiger partial charge in [-0.15, -0.1) is 0 Å². The number of hydrogen-bond acceptors (Lipinski definition) is 3. The second-order valence-electron chi connectivity index (χ2n) is 7.98. The molecule has 0 spiro atoms. The summed E-state index contributed by atoms with van der Waals surface area (Å²) in [6, 6.07) is 29.6. The molecule has 4 heteroatoms. The Labute approximate surface area is 177 Å². The van der Waals surface area contributed by atoms with Gasteiger partial charge < -0.3 is 0 Å². The van der Waals surface area contributed by atoms with Crippen LogP contribution >= 0.6 is 0 Å². The number of benzene rings is 3. The van der Waals surface area contributed by atoms with Gasteiger partial charge >= 0.3 is 0 Å². The number of hydrogen-bond donors (Lipinski definition) is 1. The van der Waals surface area contributed by atoms with Crippen molar-refractivity contribution in [1.82, 2.24) is 20.1 Å². The van der Waals surface area contributed by atoms with Crippen molar-refractivity contribution in [2.24, 2.45) is 0 Å². The Morgan fingerprint density at radius 2 is 1.40 bits per heavy atom. The number of aromatic nitrogens is 3. The summed E-state index contributed by atoms with van der Waals surface area (Å²) < 4.78 is 0. The summed E-state index contributed by atoms with van der Waals surface area (Å²) in [7, 11) is 0. The zero-order chi connectivity index (χ0) is 20.2. The van der Waals surface area contributed by atoms with Crippen molar-refractivity contribution in [2.75, 3.05) is 13.1 Å². The van der Waals surface area contributed by atoms with Gasteiger partial charge in [-0.2, -0.15) is 5.10 Å². The van der Waals surface area contributed by atoms with Gasteiger partial charge in [0.1, 0.15) is 5.82 Å². The topological polar surface area (TPSA) is 44.8 Å². The third-order valence-corrected chi connectivity index (χ3v) is 6.01. The smallest absolute Gasteiger partial charge is 0.181 e. The minimum absolute atomic E-state index is 0.454. The number of H-pyrrole nitrogens is 1. The zero-order valence-corrected chi connectivity index (χ0v) is 17.0. The van der Waals surface area contributed by atoms with Crippen LogP contribution in [0.15, 0.2) is 84.9 Å². The van der Waals surface area contributed by atoms with Crippen molar-refractivity contribution >= 4 is 0 Å². The summed E-state index contributed by atoms with van der Waals surface area (Å²) in [5.74, 6) is 2.28. The van der Waals surface area contributed by atoms with Crippen molar-refractivity contribution in [2.45, 2.75) is 25.3 Å². The van der Waals surface area contributed by atoms with Gasteiger partial charge in [-0.25, -0.2) is 4.98 Å². The van der Waals surface area contributed by atoms with Gasteiger partial charge in [0.2, 0.25) is 0 Å². The highest BCUT2D eigenvalue weighted by Crippen LogP contribution is 2.30. The van der Waals surface area contributed by atoms with Gasteiger partial charge in [0.15, 0.2) is 5.82 Å².